The Hall–Kier alpha value is -1.10. The van der Waals surface area contributed by atoms with Gasteiger partial charge >= 0.3 is 0 Å². The lowest BCUT2D eigenvalue weighted by molar-refractivity contribution is -0.271. The van der Waals surface area contributed by atoms with Crippen LogP contribution in [0.3, 0.4) is 0 Å². The smallest absolute Gasteiger partial charge is 0.184 e. The predicted octanol–water partition coefficient (Wildman–Crippen LogP) is 2.13. The van der Waals surface area contributed by atoms with E-state index in [-0.39, 0.29) is 18.1 Å². The fraction of sp³-hybridized carbons (Fsp3) is 0.571. The van der Waals surface area contributed by atoms with Crippen molar-refractivity contribution >= 4 is 0 Å². The summed E-state index contributed by atoms with van der Waals surface area (Å²) in [7, 11) is 1.63. The zero-order chi connectivity index (χ0) is 13.2. The minimum Gasteiger partial charge on any atom is -0.497 e. The molecule has 4 heteroatoms. The van der Waals surface area contributed by atoms with Crippen molar-refractivity contribution in [2.45, 2.75) is 26.2 Å². The Morgan fingerprint density at radius 3 is 2.56 bits per heavy atom. The van der Waals surface area contributed by atoms with E-state index in [4.69, 9.17) is 14.2 Å². The van der Waals surface area contributed by atoms with Gasteiger partial charge in [0.2, 0.25) is 0 Å². The van der Waals surface area contributed by atoms with Gasteiger partial charge in [0.1, 0.15) is 5.75 Å². The summed E-state index contributed by atoms with van der Waals surface area (Å²) in [5.41, 5.74) is 0.766. The Balaban J connectivity index is 2.10. The molecule has 4 nitrogen and oxygen atoms in total. The molecule has 0 bridgehead atoms. The number of aliphatic hydroxyl groups is 1. The number of rotatable bonds is 3. The fourth-order valence-electron chi connectivity index (χ4n) is 1.98. The van der Waals surface area contributed by atoms with Crippen LogP contribution in [0.1, 0.15) is 25.7 Å². The first kappa shape index (κ1) is 13.3. The molecule has 0 amide bonds. The summed E-state index contributed by atoms with van der Waals surface area (Å²) in [5, 5.41) is 9.37. The number of aliphatic hydroxyl groups excluding tert-OH is 1. The van der Waals surface area contributed by atoms with E-state index in [0.717, 1.165) is 11.3 Å². The molecule has 1 N–H and O–H groups in total. The molecule has 0 spiro atoms. The molecule has 1 aromatic carbocycles. The zero-order valence-electron chi connectivity index (χ0n) is 11.1. The van der Waals surface area contributed by atoms with Crippen LogP contribution in [0.15, 0.2) is 24.3 Å². The molecule has 0 saturated carbocycles. The summed E-state index contributed by atoms with van der Waals surface area (Å²) < 4.78 is 16.6. The lowest BCUT2D eigenvalue weighted by Gasteiger charge is -2.41. The van der Waals surface area contributed by atoms with Crippen molar-refractivity contribution in [2.24, 2.45) is 5.41 Å². The number of hydrogen-bond acceptors (Lipinski definition) is 4. The van der Waals surface area contributed by atoms with E-state index in [1.54, 1.807) is 7.11 Å². The van der Waals surface area contributed by atoms with E-state index in [9.17, 15) is 5.11 Å². The highest BCUT2D eigenvalue weighted by molar-refractivity contribution is 5.28. The summed E-state index contributed by atoms with van der Waals surface area (Å²) in [5.74, 6) is 0.800. The lowest BCUT2D eigenvalue weighted by Crippen LogP contribution is -2.44. The molecule has 1 heterocycles. The van der Waals surface area contributed by atoms with Gasteiger partial charge in [-0.05, 0) is 12.1 Å². The molecule has 1 aliphatic rings. The monoisotopic (exact) mass is 252 g/mol. The van der Waals surface area contributed by atoms with Crippen LogP contribution in [0.2, 0.25) is 0 Å². The average Bonchev–Trinajstić information content (AvgIpc) is 2.39. The second-order valence-corrected chi connectivity index (χ2v) is 5.21. The topological polar surface area (TPSA) is 47.9 Å². The van der Waals surface area contributed by atoms with Gasteiger partial charge in [-0.25, -0.2) is 0 Å². The van der Waals surface area contributed by atoms with Crippen molar-refractivity contribution in [2.75, 3.05) is 20.3 Å². The molecule has 2 atom stereocenters. The van der Waals surface area contributed by atoms with Crippen molar-refractivity contribution in [1.29, 1.82) is 0 Å². The Morgan fingerprint density at radius 2 is 2.00 bits per heavy atom. The van der Waals surface area contributed by atoms with Crippen LogP contribution in [0.25, 0.3) is 0 Å². The van der Waals surface area contributed by atoms with Crippen LogP contribution >= 0.6 is 0 Å². The molecule has 0 aromatic heterocycles. The van der Waals surface area contributed by atoms with Crippen molar-refractivity contribution in [3.8, 4) is 5.75 Å². The van der Waals surface area contributed by atoms with Crippen molar-refractivity contribution < 1.29 is 19.3 Å². The lowest BCUT2D eigenvalue weighted by atomic mass is 9.87. The largest absolute Gasteiger partial charge is 0.497 e. The maximum atomic E-state index is 9.37. The highest BCUT2D eigenvalue weighted by Gasteiger charge is 2.38. The Kier molecular flexibility index (Phi) is 3.90. The maximum absolute atomic E-state index is 9.37. The van der Waals surface area contributed by atoms with Gasteiger partial charge in [0, 0.05) is 11.0 Å². The number of ether oxygens (including phenoxy) is 3. The van der Waals surface area contributed by atoms with E-state index >= 15 is 0 Å². The third-order valence-corrected chi connectivity index (χ3v) is 3.32. The summed E-state index contributed by atoms with van der Waals surface area (Å²) in [6.45, 7) is 4.62. The molecule has 18 heavy (non-hydrogen) atoms. The van der Waals surface area contributed by atoms with Crippen molar-refractivity contribution in [3.63, 3.8) is 0 Å². The Bertz CT molecular complexity index is 385. The molecule has 1 saturated heterocycles. The number of benzene rings is 1. The second kappa shape index (κ2) is 5.26. The van der Waals surface area contributed by atoms with Gasteiger partial charge in [-0.1, -0.05) is 26.0 Å². The van der Waals surface area contributed by atoms with Gasteiger partial charge in [-0.2, -0.15) is 0 Å². The molecular formula is C14H20O4. The molecule has 2 rings (SSSR count). The van der Waals surface area contributed by atoms with E-state index in [2.05, 4.69) is 0 Å². The van der Waals surface area contributed by atoms with E-state index in [0.29, 0.717) is 6.61 Å². The molecular weight excluding hydrogens is 232 g/mol. The first-order chi connectivity index (χ1) is 8.56. The van der Waals surface area contributed by atoms with Crippen molar-refractivity contribution in [3.05, 3.63) is 29.8 Å². The van der Waals surface area contributed by atoms with E-state index < -0.39 is 6.29 Å². The Morgan fingerprint density at radius 1 is 1.33 bits per heavy atom. The Labute approximate surface area is 107 Å². The number of methoxy groups -OCH3 is 1. The van der Waals surface area contributed by atoms with Gasteiger partial charge < -0.3 is 19.3 Å². The zero-order valence-corrected chi connectivity index (χ0v) is 11.1. The van der Waals surface area contributed by atoms with Crippen LogP contribution in [0.4, 0.5) is 0 Å². The highest BCUT2D eigenvalue weighted by atomic mass is 16.7. The van der Waals surface area contributed by atoms with Crippen molar-refractivity contribution in [1.82, 2.24) is 0 Å². The van der Waals surface area contributed by atoms with E-state index in [1.165, 1.54) is 0 Å². The first-order valence-corrected chi connectivity index (χ1v) is 6.08. The normalized spacial score (nSPS) is 26.9. The molecule has 1 fully saturated rings. The molecule has 0 radical (unpaired) electrons. The van der Waals surface area contributed by atoms with Crippen LogP contribution in [-0.2, 0) is 9.47 Å². The van der Waals surface area contributed by atoms with Crippen LogP contribution in [0.5, 0.6) is 5.75 Å². The molecule has 100 valence electrons. The maximum Gasteiger partial charge on any atom is 0.184 e. The van der Waals surface area contributed by atoms with Gasteiger partial charge in [0.05, 0.1) is 26.4 Å². The SMILES string of the molecule is COc1ccc([C@H]2OCC(C)(C)[C@@H](CO)O2)cc1. The molecule has 1 aromatic rings. The van der Waals surface area contributed by atoms with Crippen LogP contribution in [0, 0.1) is 5.41 Å². The highest BCUT2D eigenvalue weighted by Crippen LogP contribution is 2.36. The standard InChI is InChI=1S/C14H20O4/c1-14(2)9-17-13(18-12(14)8-15)10-4-6-11(16-3)7-5-10/h4-7,12-13,15H,8-9H2,1-3H3/t12-,13+/m1/s1. The third kappa shape index (κ3) is 2.66. The second-order valence-electron chi connectivity index (χ2n) is 5.21. The number of hydrogen-bond donors (Lipinski definition) is 1. The fourth-order valence-corrected chi connectivity index (χ4v) is 1.98. The van der Waals surface area contributed by atoms with Crippen LogP contribution < -0.4 is 4.74 Å². The minimum atomic E-state index is -0.416. The summed E-state index contributed by atoms with van der Waals surface area (Å²) in [6.07, 6.45) is -0.626. The summed E-state index contributed by atoms with van der Waals surface area (Å²) in [4.78, 5) is 0. The molecule has 1 aliphatic heterocycles. The third-order valence-electron chi connectivity index (χ3n) is 3.32. The van der Waals surface area contributed by atoms with Gasteiger partial charge in [-0.15, -0.1) is 0 Å². The first-order valence-electron chi connectivity index (χ1n) is 6.08. The quantitative estimate of drug-likeness (QED) is 0.895. The van der Waals surface area contributed by atoms with Gasteiger partial charge in [0.15, 0.2) is 6.29 Å². The molecule has 0 aliphatic carbocycles. The predicted molar refractivity (Wildman–Crippen MR) is 67.4 cm³/mol. The molecule has 0 unspecified atom stereocenters. The van der Waals surface area contributed by atoms with Crippen LogP contribution in [-0.4, -0.2) is 31.5 Å². The minimum absolute atomic E-state index is 0.00299. The van der Waals surface area contributed by atoms with Gasteiger partial charge in [0.25, 0.3) is 0 Å². The summed E-state index contributed by atoms with van der Waals surface area (Å²) >= 11 is 0. The van der Waals surface area contributed by atoms with Gasteiger partial charge in [-0.3, -0.25) is 0 Å². The van der Waals surface area contributed by atoms with E-state index in [1.807, 2.05) is 38.1 Å². The average molecular weight is 252 g/mol. The summed E-state index contributed by atoms with van der Waals surface area (Å²) in [6, 6.07) is 7.57.